The molecule has 0 bridgehead atoms. The van der Waals surface area contributed by atoms with E-state index in [2.05, 4.69) is 5.32 Å². The zero-order valence-corrected chi connectivity index (χ0v) is 27.3. The molecule has 0 aliphatic heterocycles. The van der Waals surface area contributed by atoms with Crippen molar-refractivity contribution in [3.63, 3.8) is 0 Å². The molecule has 242 valence electrons. The van der Waals surface area contributed by atoms with Gasteiger partial charge in [-0.1, -0.05) is 79.2 Å². The maximum Gasteiger partial charge on any atom is 0.264 e. The Hall–Kier alpha value is -4.41. The molecule has 4 rings (SSSR count). The Labute approximate surface area is 274 Å². The van der Waals surface area contributed by atoms with E-state index in [-0.39, 0.29) is 41.5 Å². The lowest BCUT2D eigenvalue weighted by molar-refractivity contribution is -0.140. The first-order chi connectivity index (χ1) is 22.1. The highest BCUT2D eigenvalue weighted by Gasteiger charge is 2.35. The maximum absolute atomic E-state index is 15.0. The molecule has 0 aliphatic carbocycles. The first-order valence-corrected chi connectivity index (χ1v) is 16.8. The summed E-state index contributed by atoms with van der Waals surface area (Å²) in [4.78, 5) is 29.4. The average molecular weight is 666 g/mol. The van der Waals surface area contributed by atoms with Gasteiger partial charge in [-0.05, 0) is 61.4 Å². The zero-order valence-electron chi connectivity index (χ0n) is 25.7. The van der Waals surface area contributed by atoms with Gasteiger partial charge in [0, 0.05) is 30.1 Å². The zero-order chi connectivity index (χ0) is 33.1. The average Bonchev–Trinajstić information content (AvgIpc) is 3.06. The van der Waals surface area contributed by atoms with Crippen LogP contribution in [0.1, 0.15) is 31.4 Å². The minimum absolute atomic E-state index is 0.0989. The van der Waals surface area contributed by atoms with Crippen LogP contribution in [0.15, 0.2) is 108 Å². The standard InChI is InChI=1S/C35H37ClFN3O5S/c1-3-22-38-35(42)32(23-26-12-6-5-7-13-26)39(24-27-14-8-9-15-30(27)37)34(41)25-40(31-16-10-11-17-33(31)45-4-2)46(43,44)29-20-18-28(36)19-21-29/h5-21,32H,3-4,22-25H2,1-2H3,(H,38,42)/t32-/m1/s1. The molecule has 0 saturated heterocycles. The third-order valence-electron chi connectivity index (χ3n) is 7.23. The molecule has 11 heteroatoms. The van der Waals surface area contributed by atoms with E-state index in [1.807, 2.05) is 37.3 Å². The minimum Gasteiger partial charge on any atom is -0.492 e. The van der Waals surface area contributed by atoms with Crippen molar-refractivity contribution in [1.82, 2.24) is 10.2 Å². The van der Waals surface area contributed by atoms with Crippen molar-refractivity contribution in [2.24, 2.45) is 0 Å². The number of para-hydroxylation sites is 2. The highest BCUT2D eigenvalue weighted by Crippen LogP contribution is 2.33. The van der Waals surface area contributed by atoms with E-state index in [0.717, 1.165) is 9.87 Å². The van der Waals surface area contributed by atoms with Crippen molar-refractivity contribution in [2.45, 2.75) is 44.2 Å². The first-order valence-electron chi connectivity index (χ1n) is 15.0. The SMILES string of the molecule is CCCNC(=O)[C@@H](Cc1ccccc1)N(Cc1ccccc1F)C(=O)CN(c1ccccc1OCC)S(=O)(=O)c1ccc(Cl)cc1. The molecule has 0 aromatic heterocycles. The number of hydrogen-bond acceptors (Lipinski definition) is 5. The van der Waals surface area contributed by atoms with Crippen molar-refractivity contribution in [3.8, 4) is 5.75 Å². The van der Waals surface area contributed by atoms with Crippen LogP contribution in [0.3, 0.4) is 0 Å². The number of nitrogens with zero attached hydrogens (tertiary/aromatic N) is 2. The first kappa shape index (κ1) is 34.5. The summed E-state index contributed by atoms with van der Waals surface area (Å²) in [5.41, 5.74) is 1.09. The number of benzene rings is 4. The molecule has 0 saturated carbocycles. The number of hydrogen-bond donors (Lipinski definition) is 1. The molecule has 0 unspecified atom stereocenters. The molecular formula is C35H37ClFN3O5S. The number of nitrogens with one attached hydrogen (secondary N) is 1. The smallest absolute Gasteiger partial charge is 0.264 e. The van der Waals surface area contributed by atoms with Gasteiger partial charge in [-0.3, -0.25) is 13.9 Å². The number of carbonyl (C=O) groups excluding carboxylic acids is 2. The van der Waals surface area contributed by atoms with E-state index in [1.165, 1.54) is 47.4 Å². The maximum atomic E-state index is 15.0. The molecule has 1 atom stereocenters. The molecule has 0 heterocycles. The van der Waals surface area contributed by atoms with Crippen molar-refractivity contribution >= 4 is 39.1 Å². The topological polar surface area (TPSA) is 96.0 Å². The largest absolute Gasteiger partial charge is 0.492 e. The number of ether oxygens (including phenoxy) is 1. The van der Waals surface area contributed by atoms with Gasteiger partial charge in [0.2, 0.25) is 11.8 Å². The van der Waals surface area contributed by atoms with Crippen LogP contribution < -0.4 is 14.4 Å². The molecule has 4 aromatic rings. The van der Waals surface area contributed by atoms with Gasteiger partial charge in [-0.25, -0.2) is 12.8 Å². The Bertz CT molecular complexity index is 1720. The molecule has 1 N–H and O–H groups in total. The monoisotopic (exact) mass is 665 g/mol. The van der Waals surface area contributed by atoms with Crippen LogP contribution in [-0.2, 0) is 32.6 Å². The van der Waals surface area contributed by atoms with Gasteiger partial charge in [0.25, 0.3) is 10.0 Å². The van der Waals surface area contributed by atoms with Crippen LogP contribution in [0, 0.1) is 5.82 Å². The van der Waals surface area contributed by atoms with E-state index in [1.54, 1.807) is 37.3 Å². The van der Waals surface area contributed by atoms with E-state index < -0.39 is 40.2 Å². The predicted molar refractivity (Wildman–Crippen MR) is 178 cm³/mol. The van der Waals surface area contributed by atoms with Gasteiger partial charge in [-0.15, -0.1) is 0 Å². The van der Waals surface area contributed by atoms with Gasteiger partial charge in [0.15, 0.2) is 0 Å². The number of rotatable bonds is 15. The van der Waals surface area contributed by atoms with Crippen LogP contribution in [0.2, 0.25) is 5.02 Å². The molecule has 46 heavy (non-hydrogen) atoms. The lowest BCUT2D eigenvalue weighted by Gasteiger charge is -2.34. The van der Waals surface area contributed by atoms with Gasteiger partial charge >= 0.3 is 0 Å². The third kappa shape index (κ3) is 8.64. The number of anilines is 1. The van der Waals surface area contributed by atoms with Crippen LogP contribution in [-0.4, -0.2) is 50.9 Å². The van der Waals surface area contributed by atoms with E-state index in [0.29, 0.717) is 18.0 Å². The van der Waals surface area contributed by atoms with Gasteiger partial charge in [0.1, 0.15) is 24.2 Å². The van der Waals surface area contributed by atoms with Gasteiger partial charge in [-0.2, -0.15) is 0 Å². The van der Waals surface area contributed by atoms with E-state index in [9.17, 15) is 18.0 Å². The summed E-state index contributed by atoms with van der Waals surface area (Å²) < 4.78 is 50.2. The highest BCUT2D eigenvalue weighted by atomic mass is 35.5. The molecule has 8 nitrogen and oxygen atoms in total. The molecule has 2 amide bonds. The second kappa shape index (κ2) is 16.2. The number of halogens is 2. The van der Waals surface area contributed by atoms with Crippen LogP contribution in [0.5, 0.6) is 5.75 Å². The van der Waals surface area contributed by atoms with E-state index >= 15 is 4.39 Å². The molecule has 0 aliphatic rings. The summed E-state index contributed by atoms with van der Waals surface area (Å²) in [6.07, 6.45) is 0.780. The number of sulfonamides is 1. The van der Waals surface area contributed by atoms with Crippen molar-refractivity contribution in [1.29, 1.82) is 0 Å². The van der Waals surface area contributed by atoms with E-state index in [4.69, 9.17) is 16.3 Å². The fourth-order valence-electron chi connectivity index (χ4n) is 4.92. The fourth-order valence-corrected chi connectivity index (χ4v) is 6.47. The van der Waals surface area contributed by atoms with Crippen molar-refractivity contribution in [3.05, 3.63) is 125 Å². The number of carbonyl (C=O) groups is 2. The number of amides is 2. The molecule has 0 fully saturated rings. The summed E-state index contributed by atoms with van der Waals surface area (Å²) >= 11 is 6.05. The second-order valence-electron chi connectivity index (χ2n) is 10.5. The molecular weight excluding hydrogens is 629 g/mol. The summed E-state index contributed by atoms with van der Waals surface area (Å²) in [6.45, 7) is 3.31. The Morgan fingerprint density at radius 2 is 1.54 bits per heavy atom. The Morgan fingerprint density at radius 3 is 2.22 bits per heavy atom. The third-order valence-corrected chi connectivity index (χ3v) is 9.26. The Morgan fingerprint density at radius 1 is 0.891 bits per heavy atom. The second-order valence-corrected chi connectivity index (χ2v) is 12.8. The highest BCUT2D eigenvalue weighted by molar-refractivity contribution is 7.92. The van der Waals surface area contributed by atoms with Gasteiger partial charge < -0.3 is 15.0 Å². The Balaban J connectivity index is 1.84. The summed E-state index contributed by atoms with van der Waals surface area (Å²) in [5, 5.41) is 3.21. The fraction of sp³-hybridized carbons (Fsp3) is 0.257. The molecule has 0 radical (unpaired) electrons. The van der Waals surface area contributed by atoms with Crippen molar-refractivity contribution < 1.29 is 27.1 Å². The summed E-state index contributed by atoms with van der Waals surface area (Å²) in [6, 6.07) is 26.1. The summed E-state index contributed by atoms with van der Waals surface area (Å²) in [7, 11) is -4.37. The molecule has 4 aromatic carbocycles. The van der Waals surface area contributed by atoms with Crippen LogP contribution >= 0.6 is 11.6 Å². The predicted octanol–water partition coefficient (Wildman–Crippen LogP) is 6.24. The normalized spacial score (nSPS) is 11.8. The van der Waals surface area contributed by atoms with Crippen LogP contribution in [0.25, 0.3) is 0 Å². The summed E-state index contributed by atoms with van der Waals surface area (Å²) in [5.74, 6) is -1.45. The lowest BCUT2D eigenvalue weighted by atomic mass is 10.0. The van der Waals surface area contributed by atoms with Gasteiger partial charge in [0.05, 0.1) is 17.2 Å². The minimum atomic E-state index is -4.37. The van der Waals surface area contributed by atoms with Crippen molar-refractivity contribution in [2.75, 3.05) is 24.0 Å². The lowest BCUT2D eigenvalue weighted by Crippen LogP contribution is -2.53. The Kier molecular flexibility index (Phi) is 12.2. The van der Waals surface area contributed by atoms with Crippen LogP contribution in [0.4, 0.5) is 10.1 Å². The quantitative estimate of drug-likeness (QED) is 0.162. The molecule has 0 spiro atoms.